The van der Waals surface area contributed by atoms with Gasteiger partial charge >= 0.3 is 11.9 Å². The quantitative estimate of drug-likeness (QED) is 0.0206. The average Bonchev–Trinajstić information content (AvgIpc) is 3.06. The molecule has 50 heavy (non-hydrogen) atoms. The van der Waals surface area contributed by atoms with Crippen LogP contribution in [0.1, 0.15) is 168 Å². The molecule has 0 aromatic rings. The fourth-order valence-electron chi connectivity index (χ4n) is 5.23. The Labute approximate surface area is 307 Å². The van der Waals surface area contributed by atoms with Gasteiger partial charge in [-0.15, -0.1) is 0 Å². The van der Waals surface area contributed by atoms with E-state index in [-0.39, 0.29) is 26.1 Å². The van der Waals surface area contributed by atoms with Gasteiger partial charge in [0.1, 0.15) is 19.8 Å². The van der Waals surface area contributed by atoms with Crippen molar-refractivity contribution in [1.29, 1.82) is 0 Å². The van der Waals surface area contributed by atoms with Crippen LogP contribution in [0.3, 0.4) is 0 Å². The monoisotopic (exact) mass is 730 g/mol. The van der Waals surface area contributed by atoms with Crippen LogP contribution in [-0.2, 0) is 32.7 Å². The summed E-state index contributed by atoms with van der Waals surface area (Å²) in [4.78, 5) is 37.3. The molecule has 0 radical (unpaired) electrons. The van der Waals surface area contributed by atoms with E-state index in [2.05, 4.69) is 38.2 Å². The molecule has 0 aliphatic carbocycles. The maximum absolute atomic E-state index is 12.6. The Morgan fingerprint density at radius 3 is 1.52 bits per heavy atom. The molecule has 0 saturated heterocycles. The van der Waals surface area contributed by atoms with Crippen molar-refractivity contribution < 1.29 is 42.1 Å². The number of likely N-dealkylation sites (N-methyl/N-ethyl adjacent to an activating group) is 1. The largest absolute Gasteiger partial charge is 0.756 e. The predicted octanol–water partition coefficient (Wildman–Crippen LogP) is 10.2. The van der Waals surface area contributed by atoms with Crippen LogP contribution in [0, 0.1) is 0 Å². The summed E-state index contributed by atoms with van der Waals surface area (Å²) in [6.45, 7) is 4.16. The van der Waals surface area contributed by atoms with Crippen molar-refractivity contribution >= 4 is 19.8 Å². The summed E-state index contributed by atoms with van der Waals surface area (Å²) < 4.78 is 33.8. The number of quaternary nitrogens is 1. The van der Waals surface area contributed by atoms with E-state index < -0.39 is 32.5 Å². The molecule has 0 aliphatic heterocycles. The lowest BCUT2D eigenvalue weighted by atomic mass is 10.1. The average molecular weight is 730 g/mol. The minimum atomic E-state index is -4.62. The highest BCUT2D eigenvalue weighted by atomic mass is 31.2. The van der Waals surface area contributed by atoms with Gasteiger partial charge in [0.05, 0.1) is 27.7 Å². The van der Waals surface area contributed by atoms with E-state index in [9.17, 15) is 19.0 Å². The van der Waals surface area contributed by atoms with E-state index >= 15 is 0 Å². The van der Waals surface area contributed by atoms with Crippen molar-refractivity contribution in [1.82, 2.24) is 0 Å². The predicted molar refractivity (Wildman–Crippen MR) is 204 cm³/mol. The van der Waals surface area contributed by atoms with Crippen molar-refractivity contribution in [2.24, 2.45) is 0 Å². The normalized spacial score (nSPS) is 14.0. The molecule has 0 spiro atoms. The van der Waals surface area contributed by atoms with E-state index in [0.717, 1.165) is 70.6 Å². The Balaban J connectivity index is 4.44. The van der Waals surface area contributed by atoms with Crippen LogP contribution >= 0.6 is 7.82 Å². The molecule has 0 heterocycles. The number of carbonyl (C=O) groups excluding carboxylic acids is 2. The number of allylic oxidation sites excluding steroid dienone is 4. The highest BCUT2D eigenvalue weighted by Crippen LogP contribution is 2.38. The van der Waals surface area contributed by atoms with Crippen molar-refractivity contribution in [3.8, 4) is 0 Å². The first-order chi connectivity index (χ1) is 24.0. The summed E-state index contributed by atoms with van der Waals surface area (Å²) in [5.74, 6) is -0.855. The van der Waals surface area contributed by atoms with Crippen molar-refractivity contribution in [3.63, 3.8) is 0 Å². The molecule has 2 atom stereocenters. The van der Waals surface area contributed by atoms with Crippen molar-refractivity contribution in [2.75, 3.05) is 47.5 Å². The van der Waals surface area contributed by atoms with Crippen LogP contribution in [-0.4, -0.2) is 70.0 Å². The lowest BCUT2D eigenvalue weighted by Gasteiger charge is -2.28. The molecule has 0 amide bonds. The first-order valence-corrected chi connectivity index (χ1v) is 21.5. The van der Waals surface area contributed by atoms with Gasteiger partial charge in [0.2, 0.25) is 0 Å². The van der Waals surface area contributed by atoms with E-state index in [0.29, 0.717) is 17.4 Å². The molecule has 0 saturated carbocycles. The second kappa shape index (κ2) is 33.3. The van der Waals surface area contributed by atoms with Gasteiger partial charge in [-0.3, -0.25) is 14.2 Å². The van der Waals surface area contributed by atoms with Gasteiger partial charge in [-0.25, -0.2) is 0 Å². The van der Waals surface area contributed by atoms with Gasteiger partial charge in [0.15, 0.2) is 6.10 Å². The Hall–Kier alpha value is -1.51. The van der Waals surface area contributed by atoms with Crippen molar-refractivity contribution in [3.05, 3.63) is 24.3 Å². The third-order valence-corrected chi connectivity index (χ3v) is 9.41. The van der Waals surface area contributed by atoms with E-state index in [4.69, 9.17) is 18.5 Å². The Kier molecular flexibility index (Phi) is 32.3. The summed E-state index contributed by atoms with van der Waals surface area (Å²) in [6, 6.07) is 0. The fraction of sp³-hybridized carbons (Fsp3) is 0.850. The highest BCUT2D eigenvalue weighted by molar-refractivity contribution is 7.45. The van der Waals surface area contributed by atoms with E-state index in [1.54, 1.807) is 0 Å². The number of nitrogens with zero attached hydrogens (tertiary/aromatic N) is 1. The molecule has 0 rings (SSSR count). The Bertz CT molecular complexity index is 918. The number of esters is 2. The Morgan fingerprint density at radius 2 is 1.02 bits per heavy atom. The second-order valence-electron chi connectivity index (χ2n) is 14.6. The highest BCUT2D eigenvalue weighted by Gasteiger charge is 2.21. The maximum Gasteiger partial charge on any atom is 0.306 e. The SMILES string of the molecule is CCCCC/C=C\CCCCCCCC(=O)OC[C@H](COP(=O)([O-])OCC[N+](C)(C)C)OC(=O)CCCCCCC/C=C\CCCCCCC. The minimum absolute atomic E-state index is 0.0329. The lowest BCUT2D eigenvalue weighted by molar-refractivity contribution is -0.870. The van der Waals surface area contributed by atoms with Crippen LogP contribution in [0.2, 0.25) is 0 Å². The van der Waals surface area contributed by atoms with Crippen LogP contribution in [0.4, 0.5) is 0 Å². The number of ether oxygens (including phenoxy) is 2. The lowest BCUT2D eigenvalue weighted by Crippen LogP contribution is -2.37. The maximum atomic E-state index is 12.6. The second-order valence-corrected chi connectivity index (χ2v) is 16.1. The first kappa shape index (κ1) is 48.5. The van der Waals surface area contributed by atoms with E-state index in [1.807, 2.05) is 21.1 Å². The molecule has 1 unspecified atom stereocenters. The number of hydrogen-bond acceptors (Lipinski definition) is 8. The molecule has 0 aromatic carbocycles. The van der Waals surface area contributed by atoms with Gasteiger partial charge in [-0.05, 0) is 64.2 Å². The summed E-state index contributed by atoms with van der Waals surface area (Å²) in [7, 11) is 1.15. The van der Waals surface area contributed by atoms with Gasteiger partial charge in [-0.2, -0.15) is 0 Å². The zero-order chi connectivity index (χ0) is 37.2. The minimum Gasteiger partial charge on any atom is -0.756 e. The van der Waals surface area contributed by atoms with Crippen LogP contribution in [0.5, 0.6) is 0 Å². The molecule has 294 valence electrons. The smallest absolute Gasteiger partial charge is 0.306 e. The number of rotatable bonds is 36. The molecule has 10 heteroatoms. The molecule has 0 bridgehead atoms. The number of phosphoric acid groups is 1. The number of phosphoric ester groups is 1. The first-order valence-electron chi connectivity index (χ1n) is 20.0. The molecule has 0 aromatic heterocycles. The van der Waals surface area contributed by atoms with Crippen LogP contribution < -0.4 is 4.89 Å². The fourth-order valence-corrected chi connectivity index (χ4v) is 5.96. The molecular weight excluding hydrogens is 653 g/mol. The third kappa shape index (κ3) is 36.3. The summed E-state index contributed by atoms with van der Waals surface area (Å²) in [5, 5.41) is 0. The van der Waals surface area contributed by atoms with Crippen LogP contribution in [0.25, 0.3) is 0 Å². The zero-order valence-electron chi connectivity index (χ0n) is 32.8. The number of carbonyl (C=O) groups is 2. The van der Waals surface area contributed by atoms with Gasteiger partial charge < -0.3 is 27.9 Å². The topological polar surface area (TPSA) is 111 Å². The Morgan fingerprint density at radius 1 is 0.600 bits per heavy atom. The van der Waals surface area contributed by atoms with Gasteiger partial charge in [0, 0.05) is 12.8 Å². The summed E-state index contributed by atoms with van der Waals surface area (Å²) in [6.07, 6.45) is 33.4. The van der Waals surface area contributed by atoms with Gasteiger partial charge in [-0.1, -0.05) is 115 Å². The van der Waals surface area contributed by atoms with Crippen LogP contribution in [0.15, 0.2) is 24.3 Å². The summed E-state index contributed by atoms with van der Waals surface area (Å²) >= 11 is 0. The molecular formula is C40H76NO8P. The number of hydrogen-bond donors (Lipinski definition) is 0. The summed E-state index contributed by atoms with van der Waals surface area (Å²) in [5.41, 5.74) is 0. The standard InChI is InChI=1S/C40H76NO8P/c1-6-8-10-12-14-16-18-20-21-23-25-27-29-31-33-40(43)49-38(37-48-50(44,45)47-35-34-41(3,4)5)36-46-39(42)32-30-28-26-24-22-19-17-15-13-11-9-7-2/h15,17-18,20,38H,6-14,16,19,21-37H2,1-5H3/b17-15-,20-18-/t38-/m1/s1. The molecule has 0 aliphatic rings. The van der Waals surface area contributed by atoms with Crippen molar-refractivity contribution in [2.45, 2.75) is 174 Å². The molecule has 9 nitrogen and oxygen atoms in total. The molecule has 0 N–H and O–H groups in total. The van der Waals surface area contributed by atoms with E-state index in [1.165, 1.54) is 64.2 Å². The number of unbranched alkanes of at least 4 members (excludes halogenated alkanes) is 18. The third-order valence-electron chi connectivity index (χ3n) is 8.44. The molecule has 0 fully saturated rings. The zero-order valence-corrected chi connectivity index (χ0v) is 33.7. The van der Waals surface area contributed by atoms with Gasteiger partial charge in [0.25, 0.3) is 7.82 Å².